The van der Waals surface area contributed by atoms with Gasteiger partial charge in [0.1, 0.15) is 11.5 Å². The number of benzene rings is 1. The van der Waals surface area contributed by atoms with E-state index in [0.717, 1.165) is 0 Å². The number of carboxylic acids is 1. The van der Waals surface area contributed by atoms with E-state index in [4.69, 9.17) is 14.2 Å². The fourth-order valence-electron chi connectivity index (χ4n) is 3.29. The van der Waals surface area contributed by atoms with Gasteiger partial charge in [-0.05, 0) is 24.5 Å². The lowest BCUT2D eigenvalue weighted by Gasteiger charge is -2.30. The summed E-state index contributed by atoms with van der Waals surface area (Å²) in [5.41, 5.74) is 0.514. The summed E-state index contributed by atoms with van der Waals surface area (Å²) in [5.74, 6) is -0.189. The van der Waals surface area contributed by atoms with E-state index >= 15 is 0 Å². The maximum atomic E-state index is 12.4. The Bertz CT molecular complexity index is 628. The summed E-state index contributed by atoms with van der Waals surface area (Å²) in [5, 5.41) is 9.59. The van der Waals surface area contributed by atoms with Gasteiger partial charge in [-0.3, -0.25) is 4.79 Å². The van der Waals surface area contributed by atoms with Crippen LogP contribution >= 0.6 is 0 Å². The first-order chi connectivity index (χ1) is 11.8. The molecule has 136 valence electrons. The quantitative estimate of drug-likeness (QED) is 0.786. The lowest BCUT2D eigenvalue weighted by molar-refractivity contribution is -0.150. The van der Waals surface area contributed by atoms with Crippen LogP contribution in [-0.2, 0) is 9.53 Å². The molecule has 0 aliphatic carbocycles. The Morgan fingerprint density at radius 1 is 1.28 bits per heavy atom. The fraction of sp³-hybridized carbons (Fsp3) is 0.529. The molecule has 0 bridgehead atoms. The maximum Gasteiger partial charge on any atom is 0.335 e. The van der Waals surface area contributed by atoms with Gasteiger partial charge in [-0.25, -0.2) is 4.79 Å². The molecule has 3 atom stereocenters. The first-order valence-corrected chi connectivity index (χ1v) is 8.19. The van der Waals surface area contributed by atoms with Crippen LogP contribution in [0.2, 0.25) is 0 Å². The van der Waals surface area contributed by atoms with Gasteiger partial charge in [0.05, 0.1) is 25.8 Å². The smallest absolute Gasteiger partial charge is 0.335 e. The summed E-state index contributed by atoms with van der Waals surface area (Å²) in [6, 6.07) is 4.65. The molecule has 1 aromatic rings. The number of carboxylic acid groups (broad SMARTS) is 1. The average molecular weight is 349 g/mol. The van der Waals surface area contributed by atoms with Crippen molar-refractivity contribution in [2.75, 3.05) is 14.2 Å². The molecule has 1 saturated heterocycles. The van der Waals surface area contributed by atoms with Gasteiger partial charge in [0.2, 0.25) is 7.85 Å². The van der Waals surface area contributed by atoms with E-state index in [1.807, 2.05) is 13.8 Å². The van der Waals surface area contributed by atoms with E-state index in [2.05, 4.69) is 0 Å². The van der Waals surface area contributed by atoms with Gasteiger partial charge >= 0.3 is 5.97 Å². The first kappa shape index (κ1) is 19.1. The molecule has 1 aliphatic heterocycles. The van der Waals surface area contributed by atoms with Crippen LogP contribution in [0.5, 0.6) is 11.5 Å². The van der Waals surface area contributed by atoms with E-state index < -0.39 is 24.3 Å². The van der Waals surface area contributed by atoms with Crippen molar-refractivity contribution in [2.24, 2.45) is 5.92 Å². The van der Waals surface area contributed by atoms with Crippen LogP contribution < -0.4 is 9.47 Å². The summed E-state index contributed by atoms with van der Waals surface area (Å²) in [7, 11) is 4.42. The minimum absolute atomic E-state index is 0.204. The molecule has 1 aliphatic rings. The highest BCUT2D eigenvalue weighted by molar-refractivity contribution is 6.57. The lowest BCUT2D eigenvalue weighted by atomic mass is 9.95. The van der Waals surface area contributed by atoms with Crippen LogP contribution in [0.3, 0.4) is 0 Å². The number of hydrogen-bond acceptors (Lipinski definition) is 5. The summed E-state index contributed by atoms with van der Waals surface area (Å²) in [6.45, 7) is 3.96. The maximum absolute atomic E-state index is 12.4. The lowest BCUT2D eigenvalue weighted by Crippen LogP contribution is -2.43. The Morgan fingerprint density at radius 3 is 2.24 bits per heavy atom. The minimum atomic E-state index is -1.11. The highest BCUT2D eigenvalue weighted by atomic mass is 16.6. The number of ether oxygens (including phenoxy) is 3. The standard InChI is InChI=1S/C17H24BNO6/c1-9(2)8-10-14(16(20)21)25-15(19(10)17(18)22)13-11(23-3)6-5-7-12(13)24-4/h5-7,9-10,14-15H,8,18H2,1-4H3,(H,20,21)/t10-,14-,15?/m0/s1. The molecule has 0 radical (unpaired) electrons. The Morgan fingerprint density at radius 2 is 1.84 bits per heavy atom. The number of amides is 1. The highest BCUT2D eigenvalue weighted by Crippen LogP contribution is 2.44. The van der Waals surface area contributed by atoms with E-state index in [0.29, 0.717) is 23.5 Å². The van der Waals surface area contributed by atoms with Gasteiger partial charge in [0, 0.05) is 0 Å². The zero-order valence-electron chi connectivity index (χ0n) is 15.2. The third-order valence-electron chi connectivity index (χ3n) is 4.27. The summed E-state index contributed by atoms with van der Waals surface area (Å²) in [6.07, 6.45) is -1.47. The molecule has 25 heavy (non-hydrogen) atoms. The number of aliphatic carboxylic acids is 1. The van der Waals surface area contributed by atoms with Crippen molar-refractivity contribution in [3.05, 3.63) is 23.8 Å². The van der Waals surface area contributed by atoms with Gasteiger partial charge in [0.15, 0.2) is 18.1 Å². The topological polar surface area (TPSA) is 85.3 Å². The second kappa shape index (κ2) is 7.78. The SMILES string of the molecule is BC(=O)N1C(c2c(OC)cccc2OC)O[C@H](C(=O)O)[C@@H]1CC(C)C. The first-order valence-electron chi connectivity index (χ1n) is 8.19. The van der Waals surface area contributed by atoms with Crippen LogP contribution in [-0.4, -0.2) is 56.0 Å². The molecule has 1 heterocycles. The number of hydrogen-bond donors (Lipinski definition) is 1. The molecule has 0 aromatic heterocycles. The fourth-order valence-corrected chi connectivity index (χ4v) is 3.29. The normalized spacial score (nSPS) is 22.9. The van der Waals surface area contributed by atoms with Crippen molar-refractivity contribution in [1.82, 2.24) is 4.90 Å². The van der Waals surface area contributed by atoms with Gasteiger partial charge in [-0.2, -0.15) is 0 Å². The molecule has 1 unspecified atom stereocenters. The molecule has 1 aromatic carbocycles. The van der Waals surface area contributed by atoms with Crippen LogP contribution in [0, 0.1) is 5.92 Å². The Balaban J connectivity index is 2.57. The summed E-state index contributed by atoms with van der Waals surface area (Å²) < 4.78 is 16.6. The third kappa shape index (κ3) is 3.73. The van der Waals surface area contributed by atoms with E-state index in [1.54, 1.807) is 18.2 Å². The van der Waals surface area contributed by atoms with E-state index in [9.17, 15) is 14.7 Å². The van der Waals surface area contributed by atoms with Crippen molar-refractivity contribution in [3.63, 3.8) is 0 Å². The van der Waals surface area contributed by atoms with Gasteiger partial charge in [-0.1, -0.05) is 19.9 Å². The van der Waals surface area contributed by atoms with Crippen LogP contribution in [0.1, 0.15) is 32.1 Å². The zero-order chi connectivity index (χ0) is 18.7. The molecule has 1 amide bonds. The van der Waals surface area contributed by atoms with Crippen molar-refractivity contribution in [3.8, 4) is 11.5 Å². The van der Waals surface area contributed by atoms with E-state index in [-0.39, 0.29) is 11.7 Å². The molecular formula is C17H24BNO6. The number of methoxy groups -OCH3 is 2. The predicted molar refractivity (Wildman–Crippen MR) is 93.8 cm³/mol. The molecular weight excluding hydrogens is 325 g/mol. The third-order valence-corrected chi connectivity index (χ3v) is 4.27. The average Bonchev–Trinajstić information content (AvgIpc) is 2.92. The molecule has 1 N–H and O–H groups in total. The highest BCUT2D eigenvalue weighted by Gasteiger charge is 2.49. The molecule has 0 spiro atoms. The Hall–Kier alpha value is -2.22. The van der Waals surface area contributed by atoms with Crippen LogP contribution in [0.25, 0.3) is 0 Å². The van der Waals surface area contributed by atoms with Crippen molar-refractivity contribution >= 4 is 19.6 Å². The second-order valence-electron chi connectivity index (χ2n) is 6.45. The van der Waals surface area contributed by atoms with Gasteiger partial charge in [0.25, 0.3) is 0 Å². The molecule has 0 saturated carbocycles. The van der Waals surface area contributed by atoms with Crippen molar-refractivity contribution < 1.29 is 28.9 Å². The molecule has 2 rings (SSSR count). The van der Waals surface area contributed by atoms with E-state index in [1.165, 1.54) is 27.0 Å². The summed E-state index contributed by atoms with van der Waals surface area (Å²) >= 11 is 0. The van der Waals surface area contributed by atoms with Crippen molar-refractivity contribution in [1.29, 1.82) is 0 Å². The van der Waals surface area contributed by atoms with Gasteiger partial charge in [-0.15, -0.1) is 0 Å². The minimum Gasteiger partial charge on any atom is -0.496 e. The largest absolute Gasteiger partial charge is 0.496 e. The number of carbonyl (C=O) groups is 2. The number of rotatable bonds is 6. The molecule has 8 heteroatoms. The molecule has 1 fully saturated rings. The van der Waals surface area contributed by atoms with Crippen molar-refractivity contribution in [2.45, 2.75) is 38.6 Å². The second-order valence-corrected chi connectivity index (χ2v) is 6.45. The monoisotopic (exact) mass is 349 g/mol. The Labute approximate surface area is 148 Å². The number of nitrogens with zero attached hydrogens (tertiary/aromatic N) is 1. The molecule has 7 nitrogen and oxygen atoms in total. The Kier molecular flexibility index (Phi) is 5.95. The van der Waals surface area contributed by atoms with Crippen LogP contribution in [0.15, 0.2) is 18.2 Å². The predicted octanol–water partition coefficient (Wildman–Crippen LogP) is 1.66. The zero-order valence-corrected chi connectivity index (χ0v) is 15.2. The number of carbonyl (C=O) groups excluding carboxylic acids is 1. The van der Waals surface area contributed by atoms with Gasteiger partial charge < -0.3 is 24.2 Å². The van der Waals surface area contributed by atoms with Crippen LogP contribution in [0.4, 0.5) is 4.79 Å². The summed E-state index contributed by atoms with van der Waals surface area (Å²) in [4.78, 5) is 25.6.